The summed E-state index contributed by atoms with van der Waals surface area (Å²) in [6.45, 7) is 0.740. The van der Waals surface area contributed by atoms with Gasteiger partial charge in [-0.25, -0.2) is 4.79 Å². The van der Waals surface area contributed by atoms with E-state index < -0.39 is 0 Å². The molecule has 144 valence electrons. The first kappa shape index (κ1) is 20.4. The average Bonchev–Trinajstić information content (AvgIpc) is 3.20. The molecule has 0 aliphatic rings. The summed E-state index contributed by atoms with van der Waals surface area (Å²) in [5, 5.41) is 6.00. The van der Waals surface area contributed by atoms with Crippen molar-refractivity contribution in [3.05, 3.63) is 86.5 Å². The van der Waals surface area contributed by atoms with Crippen LogP contribution in [0.2, 0.25) is 10.0 Å². The number of Topliss-reactive ketones (excluding diaryl/α,β-unsaturated/α-hetero) is 1. The minimum absolute atomic E-state index is 0.0351. The molecule has 3 aromatic rings. The molecule has 0 radical (unpaired) electrons. The lowest BCUT2D eigenvalue weighted by atomic mass is 10.1. The Morgan fingerprint density at radius 3 is 2.18 bits per heavy atom. The van der Waals surface area contributed by atoms with E-state index in [9.17, 15) is 9.59 Å². The van der Waals surface area contributed by atoms with E-state index in [1.807, 2.05) is 17.5 Å². The van der Waals surface area contributed by atoms with E-state index in [-0.39, 0.29) is 18.2 Å². The molecule has 2 amide bonds. The Hall–Kier alpha value is -2.34. The second-order valence-electron chi connectivity index (χ2n) is 6.12. The Balaban J connectivity index is 1.67. The number of ketones is 1. The van der Waals surface area contributed by atoms with Gasteiger partial charge in [0.05, 0.1) is 6.54 Å². The van der Waals surface area contributed by atoms with Crippen LogP contribution in [0.5, 0.6) is 0 Å². The van der Waals surface area contributed by atoms with Crippen LogP contribution in [0.4, 0.5) is 10.5 Å². The monoisotopic (exact) mass is 432 g/mol. The van der Waals surface area contributed by atoms with Gasteiger partial charge in [-0.3, -0.25) is 4.79 Å². The van der Waals surface area contributed by atoms with Crippen LogP contribution in [-0.2, 0) is 6.54 Å². The van der Waals surface area contributed by atoms with Crippen LogP contribution in [0.25, 0.3) is 0 Å². The maximum atomic E-state index is 12.8. The smallest absolute Gasteiger partial charge is 0.319 e. The van der Waals surface area contributed by atoms with Gasteiger partial charge in [0.15, 0.2) is 5.78 Å². The molecule has 4 nitrogen and oxygen atoms in total. The number of benzene rings is 2. The van der Waals surface area contributed by atoms with E-state index in [4.69, 9.17) is 23.2 Å². The summed E-state index contributed by atoms with van der Waals surface area (Å²) in [6, 6.07) is 17.3. The predicted octanol–water partition coefficient (Wildman–Crippen LogP) is 6.36. The number of halogens is 2. The van der Waals surface area contributed by atoms with Gasteiger partial charge in [-0.05, 0) is 60.0 Å². The lowest BCUT2D eigenvalue weighted by Gasteiger charge is -2.22. The third-order valence-electron chi connectivity index (χ3n) is 4.08. The van der Waals surface area contributed by atoms with Gasteiger partial charge < -0.3 is 10.2 Å². The molecule has 2 aromatic carbocycles. The van der Waals surface area contributed by atoms with Gasteiger partial charge in [-0.2, -0.15) is 0 Å². The van der Waals surface area contributed by atoms with Crippen molar-refractivity contribution in [2.45, 2.75) is 13.0 Å². The van der Waals surface area contributed by atoms with E-state index in [0.29, 0.717) is 34.4 Å². The summed E-state index contributed by atoms with van der Waals surface area (Å²) in [4.78, 5) is 27.9. The maximum Gasteiger partial charge on any atom is 0.322 e. The lowest BCUT2D eigenvalue weighted by molar-refractivity contribution is 0.0970. The second-order valence-corrected chi connectivity index (χ2v) is 8.02. The summed E-state index contributed by atoms with van der Waals surface area (Å²) in [5.41, 5.74) is 1.23. The van der Waals surface area contributed by atoms with Crippen LogP contribution in [0.1, 0.15) is 21.7 Å². The number of nitrogens with zero attached hydrogens (tertiary/aromatic N) is 1. The van der Waals surface area contributed by atoms with Crippen molar-refractivity contribution in [2.24, 2.45) is 0 Å². The van der Waals surface area contributed by atoms with Gasteiger partial charge in [0.25, 0.3) is 0 Å². The zero-order chi connectivity index (χ0) is 19.9. The fraction of sp³-hybridized carbons (Fsp3) is 0.143. The highest BCUT2D eigenvalue weighted by atomic mass is 35.5. The Kier molecular flexibility index (Phi) is 7.09. The molecule has 0 fully saturated rings. The zero-order valence-corrected chi connectivity index (χ0v) is 17.2. The number of thiophene rings is 1. The van der Waals surface area contributed by atoms with E-state index in [1.54, 1.807) is 64.8 Å². The van der Waals surface area contributed by atoms with Crippen LogP contribution in [0, 0.1) is 0 Å². The molecule has 0 aliphatic carbocycles. The van der Waals surface area contributed by atoms with Crippen molar-refractivity contribution in [3.8, 4) is 0 Å². The summed E-state index contributed by atoms with van der Waals surface area (Å²) in [5.74, 6) is -0.0351. The highest BCUT2D eigenvalue weighted by Gasteiger charge is 2.17. The van der Waals surface area contributed by atoms with Gasteiger partial charge in [-0.15, -0.1) is 11.3 Å². The fourth-order valence-electron chi connectivity index (χ4n) is 2.60. The Bertz CT molecular complexity index is 926. The fourth-order valence-corrected chi connectivity index (χ4v) is 3.57. The molecule has 0 spiro atoms. The van der Waals surface area contributed by atoms with E-state index >= 15 is 0 Å². The molecule has 0 atom stereocenters. The van der Waals surface area contributed by atoms with Gasteiger partial charge in [0, 0.05) is 39.1 Å². The predicted molar refractivity (Wildman–Crippen MR) is 116 cm³/mol. The number of hydrogen-bond donors (Lipinski definition) is 1. The lowest BCUT2D eigenvalue weighted by Crippen LogP contribution is -2.35. The first-order valence-corrected chi connectivity index (χ1v) is 10.3. The first-order chi connectivity index (χ1) is 13.5. The Morgan fingerprint density at radius 2 is 1.57 bits per heavy atom. The Morgan fingerprint density at radius 1 is 0.929 bits per heavy atom. The quantitative estimate of drug-likeness (QED) is 0.441. The number of anilines is 1. The molecule has 1 aromatic heterocycles. The van der Waals surface area contributed by atoms with Gasteiger partial charge >= 0.3 is 6.03 Å². The minimum Gasteiger partial charge on any atom is -0.319 e. The average molecular weight is 433 g/mol. The maximum absolute atomic E-state index is 12.8. The highest BCUT2D eigenvalue weighted by Crippen LogP contribution is 2.17. The van der Waals surface area contributed by atoms with E-state index in [0.717, 1.165) is 4.88 Å². The molecule has 3 rings (SSSR count). The van der Waals surface area contributed by atoms with Crippen molar-refractivity contribution < 1.29 is 9.59 Å². The number of carbonyl (C=O) groups is 2. The van der Waals surface area contributed by atoms with Crippen LogP contribution >= 0.6 is 34.5 Å². The highest BCUT2D eigenvalue weighted by molar-refractivity contribution is 7.09. The molecule has 0 bridgehead atoms. The van der Waals surface area contributed by atoms with Crippen molar-refractivity contribution in [3.63, 3.8) is 0 Å². The van der Waals surface area contributed by atoms with Gasteiger partial charge in [-0.1, -0.05) is 29.3 Å². The van der Waals surface area contributed by atoms with E-state index in [2.05, 4.69) is 5.32 Å². The summed E-state index contributed by atoms with van der Waals surface area (Å²) in [7, 11) is 0. The number of rotatable bonds is 7. The third kappa shape index (κ3) is 5.83. The largest absolute Gasteiger partial charge is 0.322 e. The van der Waals surface area contributed by atoms with Crippen LogP contribution in [0.15, 0.2) is 66.0 Å². The molecule has 0 saturated carbocycles. The molecule has 0 aliphatic heterocycles. The van der Waals surface area contributed by atoms with Crippen molar-refractivity contribution in [1.29, 1.82) is 0 Å². The SMILES string of the molecule is O=C(CCN(Cc1cccs1)C(=O)Nc1ccc(Cl)cc1)c1ccc(Cl)cc1. The summed E-state index contributed by atoms with van der Waals surface area (Å²) in [6.07, 6.45) is 0.223. The van der Waals surface area contributed by atoms with E-state index in [1.165, 1.54) is 0 Å². The molecule has 7 heteroatoms. The molecule has 0 unspecified atom stereocenters. The molecule has 28 heavy (non-hydrogen) atoms. The first-order valence-electron chi connectivity index (χ1n) is 8.64. The summed E-state index contributed by atoms with van der Waals surface area (Å²) >= 11 is 13.3. The van der Waals surface area contributed by atoms with Gasteiger partial charge in [0.1, 0.15) is 0 Å². The standard InChI is InChI=1S/C21H18Cl2N2O2S/c22-16-5-3-15(4-6-16)20(26)11-12-25(14-19-2-1-13-28-19)21(27)24-18-9-7-17(23)8-10-18/h1-10,13H,11-12,14H2,(H,24,27). The summed E-state index contributed by atoms with van der Waals surface area (Å²) < 4.78 is 0. The number of nitrogens with one attached hydrogen (secondary N) is 1. The number of amides is 2. The minimum atomic E-state index is -0.264. The van der Waals surface area contributed by atoms with Crippen molar-refractivity contribution in [2.75, 3.05) is 11.9 Å². The molecular formula is C21H18Cl2N2O2S. The zero-order valence-electron chi connectivity index (χ0n) is 14.9. The molecule has 1 heterocycles. The molecular weight excluding hydrogens is 415 g/mol. The van der Waals surface area contributed by atoms with Crippen LogP contribution < -0.4 is 5.32 Å². The van der Waals surface area contributed by atoms with Gasteiger partial charge in [0.2, 0.25) is 0 Å². The third-order valence-corrected chi connectivity index (χ3v) is 5.45. The second kappa shape index (κ2) is 9.73. The topological polar surface area (TPSA) is 49.4 Å². The van der Waals surface area contributed by atoms with Crippen LogP contribution in [0.3, 0.4) is 0 Å². The molecule has 0 saturated heterocycles. The number of urea groups is 1. The van der Waals surface area contributed by atoms with Crippen molar-refractivity contribution >= 4 is 52.0 Å². The number of hydrogen-bond acceptors (Lipinski definition) is 3. The van der Waals surface area contributed by atoms with Crippen LogP contribution in [-0.4, -0.2) is 23.3 Å². The van der Waals surface area contributed by atoms with Crippen molar-refractivity contribution in [1.82, 2.24) is 4.90 Å². The Labute approximate surface area is 177 Å². The normalized spacial score (nSPS) is 10.5. The number of carbonyl (C=O) groups excluding carboxylic acids is 2. The molecule has 1 N–H and O–H groups in total.